The zero-order valence-corrected chi connectivity index (χ0v) is 15.9. The number of methoxy groups -OCH3 is 1. The summed E-state index contributed by atoms with van der Waals surface area (Å²) in [4.78, 5) is 17.8. The lowest BCUT2D eigenvalue weighted by Gasteiger charge is -2.23. The molecule has 4 rings (SSSR count). The third-order valence-corrected chi connectivity index (χ3v) is 5.40. The number of hydrogen-bond donors (Lipinski definition) is 2. The molecule has 3 N–H and O–H groups in total. The van der Waals surface area contributed by atoms with E-state index in [-0.39, 0.29) is 24.8 Å². The first-order valence-electron chi connectivity index (χ1n) is 9.49. The van der Waals surface area contributed by atoms with E-state index in [9.17, 15) is 4.79 Å². The zero-order valence-electron chi connectivity index (χ0n) is 15.9. The number of carbonyl (C=O) groups excluding carboxylic acids is 1. The molecule has 2 heterocycles. The van der Waals surface area contributed by atoms with Gasteiger partial charge in [-0.2, -0.15) is 0 Å². The highest BCUT2D eigenvalue weighted by molar-refractivity contribution is 5.86. The number of aromatic nitrogens is 1. The van der Waals surface area contributed by atoms with E-state index in [4.69, 9.17) is 15.2 Å². The average molecular weight is 379 g/mol. The van der Waals surface area contributed by atoms with Crippen molar-refractivity contribution < 1.29 is 14.3 Å². The molecule has 1 aliphatic rings. The summed E-state index contributed by atoms with van der Waals surface area (Å²) in [6.07, 6.45) is 3.23. The van der Waals surface area contributed by atoms with Crippen molar-refractivity contribution in [1.29, 1.82) is 0 Å². The Morgan fingerprint density at radius 3 is 2.86 bits per heavy atom. The molecular weight excluding hydrogens is 354 g/mol. The number of benzene rings is 2. The van der Waals surface area contributed by atoms with E-state index in [1.54, 1.807) is 12.0 Å². The number of carbonyl (C=O) groups is 1. The van der Waals surface area contributed by atoms with Crippen LogP contribution in [0.2, 0.25) is 0 Å². The Bertz CT molecular complexity index is 954. The van der Waals surface area contributed by atoms with E-state index in [0.717, 1.165) is 40.6 Å². The van der Waals surface area contributed by atoms with Gasteiger partial charge < -0.3 is 25.1 Å². The van der Waals surface area contributed by atoms with Crippen LogP contribution in [0, 0.1) is 0 Å². The molecule has 0 spiro atoms. The van der Waals surface area contributed by atoms with Gasteiger partial charge in [0.15, 0.2) is 0 Å². The van der Waals surface area contributed by atoms with Crippen LogP contribution in [0.4, 0.5) is 10.5 Å². The van der Waals surface area contributed by atoms with Crippen LogP contribution in [0.3, 0.4) is 0 Å². The number of nitrogen functional groups attached to an aromatic ring is 1. The van der Waals surface area contributed by atoms with Crippen LogP contribution < -0.4 is 5.73 Å². The number of likely N-dealkylation sites (tertiary alicyclic amines) is 1. The first-order chi connectivity index (χ1) is 13.6. The first-order valence-corrected chi connectivity index (χ1v) is 9.49. The number of nitrogens with zero attached hydrogens (tertiary/aromatic N) is 1. The minimum absolute atomic E-state index is 0.0181. The SMILES string of the molecule is COC1CC(Cc2c[nH]c3ccc(N)cc23)N(C(=O)OCc2ccccc2)C1. The molecule has 2 atom stereocenters. The Labute approximate surface area is 164 Å². The van der Waals surface area contributed by atoms with Gasteiger partial charge in [0, 0.05) is 35.9 Å². The Balaban J connectivity index is 1.49. The maximum Gasteiger partial charge on any atom is 0.410 e. The zero-order chi connectivity index (χ0) is 19.5. The molecule has 0 radical (unpaired) electrons. The van der Waals surface area contributed by atoms with Gasteiger partial charge in [-0.25, -0.2) is 4.79 Å². The topological polar surface area (TPSA) is 80.6 Å². The van der Waals surface area contributed by atoms with E-state index >= 15 is 0 Å². The van der Waals surface area contributed by atoms with Crippen molar-refractivity contribution in [3.8, 4) is 0 Å². The van der Waals surface area contributed by atoms with Crippen LogP contribution >= 0.6 is 0 Å². The lowest BCUT2D eigenvalue weighted by Crippen LogP contribution is -2.37. The highest BCUT2D eigenvalue weighted by Crippen LogP contribution is 2.28. The summed E-state index contributed by atoms with van der Waals surface area (Å²) in [7, 11) is 1.69. The highest BCUT2D eigenvalue weighted by Gasteiger charge is 2.36. The second-order valence-electron chi connectivity index (χ2n) is 7.26. The standard InChI is InChI=1S/C22H25N3O3/c1-27-19-11-18(9-16-12-24-21-8-7-17(23)10-20(16)21)25(13-19)22(26)28-14-15-5-3-2-4-6-15/h2-8,10,12,18-19,24H,9,11,13-14,23H2,1H3. The second kappa shape index (κ2) is 7.94. The summed E-state index contributed by atoms with van der Waals surface area (Å²) in [6.45, 7) is 0.809. The molecule has 6 heteroatoms. The molecule has 0 saturated carbocycles. The minimum atomic E-state index is -0.298. The lowest BCUT2D eigenvalue weighted by atomic mass is 10.0. The van der Waals surface area contributed by atoms with Crippen LogP contribution in [0.5, 0.6) is 0 Å². The molecule has 2 unspecified atom stereocenters. The summed E-state index contributed by atoms with van der Waals surface area (Å²) < 4.78 is 11.1. The number of aromatic amines is 1. The molecule has 6 nitrogen and oxygen atoms in total. The number of fused-ring (bicyclic) bond motifs is 1. The van der Waals surface area contributed by atoms with Crippen LogP contribution in [0.15, 0.2) is 54.7 Å². The van der Waals surface area contributed by atoms with Gasteiger partial charge in [0.1, 0.15) is 6.61 Å². The predicted molar refractivity (Wildman–Crippen MR) is 109 cm³/mol. The number of anilines is 1. The number of nitrogens with one attached hydrogen (secondary N) is 1. The average Bonchev–Trinajstić information content (AvgIpc) is 3.31. The van der Waals surface area contributed by atoms with Crippen molar-refractivity contribution in [2.45, 2.75) is 31.6 Å². The molecule has 1 aromatic heterocycles. The number of amides is 1. The molecule has 0 bridgehead atoms. The Hall–Kier alpha value is -2.99. The van der Waals surface area contributed by atoms with Gasteiger partial charge in [0.2, 0.25) is 0 Å². The van der Waals surface area contributed by atoms with Gasteiger partial charge in [0.05, 0.1) is 12.6 Å². The molecule has 1 fully saturated rings. The number of rotatable bonds is 5. The fraction of sp³-hybridized carbons (Fsp3) is 0.318. The molecular formula is C22H25N3O3. The maximum absolute atomic E-state index is 12.8. The molecule has 1 aliphatic heterocycles. The lowest BCUT2D eigenvalue weighted by molar-refractivity contribution is 0.0801. The fourth-order valence-electron chi connectivity index (χ4n) is 3.88. The van der Waals surface area contributed by atoms with Gasteiger partial charge in [0.25, 0.3) is 0 Å². The van der Waals surface area contributed by atoms with Crippen molar-refractivity contribution in [3.63, 3.8) is 0 Å². The minimum Gasteiger partial charge on any atom is -0.445 e. The third kappa shape index (κ3) is 3.82. The van der Waals surface area contributed by atoms with Crippen molar-refractivity contribution >= 4 is 22.7 Å². The maximum atomic E-state index is 12.8. The summed E-state index contributed by atoms with van der Waals surface area (Å²) in [5, 5.41) is 1.10. The fourth-order valence-corrected chi connectivity index (χ4v) is 3.88. The van der Waals surface area contributed by atoms with Crippen molar-refractivity contribution in [1.82, 2.24) is 9.88 Å². The third-order valence-electron chi connectivity index (χ3n) is 5.40. The number of H-pyrrole nitrogens is 1. The Kier molecular flexibility index (Phi) is 5.21. The normalized spacial score (nSPS) is 19.2. The second-order valence-corrected chi connectivity index (χ2v) is 7.26. The van der Waals surface area contributed by atoms with Crippen LogP contribution in [0.1, 0.15) is 17.5 Å². The van der Waals surface area contributed by atoms with Crippen LogP contribution in [-0.4, -0.2) is 41.8 Å². The smallest absolute Gasteiger partial charge is 0.410 e. The van der Waals surface area contributed by atoms with Crippen LogP contribution in [-0.2, 0) is 22.5 Å². The Morgan fingerprint density at radius 1 is 1.25 bits per heavy atom. The van der Waals surface area contributed by atoms with E-state index in [1.165, 1.54) is 0 Å². The Morgan fingerprint density at radius 2 is 2.07 bits per heavy atom. The van der Waals surface area contributed by atoms with Gasteiger partial charge >= 0.3 is 6.09 Å². The van der Waals surface area contributed by atoms with Crippen molar-refractivity contribution in [2.24, 2.45) is 0 Å². The summed E-state index contributed by atoms with van der Waals surface area (Å²) in [5.41, 5.74) is 9.85. The van der Waals surface area contributed by atoms with Gasteiger partial charge in [-0.3, -0.25) is 0 Å². The highest BCUT2D eigenvalue weighted by atomic mass is 16.6. The van der Waals surface area contributed by atoms with E-state index in [2.05, 4.69) is 4.98 Å². The number of ether oxygens (including phenoxy) is 2. The van der Waals surface area contributed by atoms with Crippen LogP contribution in [0.25, 0.3) is 10.9 Å². The first kappa shape index (κ1) is 18.4. The molecule has 2 aromatic carbocycles. The van der Waals surface area contributed by atoms with Crippen molar-refractivity contribution in [3.05, 3.63) is 65.9 Å². The molecule has 1 saturated heterocycles. The van der Waals surface area contributed by atoms with Gasteiger partial charge in [-0.1, -0.05) is 30.3 Å². The monoisotopic (exact) mass is 379 g/mol. The van der Waals surface area contributed by atoms with Gasteiger partial charge in [-0.05, 0) is 42.2 Å². The largest absolute Gasteiger partial charge is 0.445 e. The summed E-state index contributed by atoms with van der Waals surface area (Å²) >= 11 is 0. The van der Waals surface area contributed by atoms with Gasteiger partial charge in [-0.15, -0.1) is 0 Å². The van der Waals surface area contributed by atoms with Crippen molar-refractivity contribution in [2.75, 3.05) is 19.4 Å². The molecule has 28 heavy (non-hydrogen) atoms. The molecule has 146 valence electrons. The molecule has 0 aliphatic carbocycles. The van der Waals surface area contributed by atoms with E-state index in [0.29, 0.717) is 6.54 Å². The van der Waals surface area contributed by atoms with E-state index in [1.807, 2.05) is 54.7 Å². The number of nitrogens with two attached hydrogens (primary N) is 1. The molecule has 1 amide bonds. The number of hydrogen-bond acceptors (Lipinski definition) is 4. The van der Waals surface area contributed by atoms with E-state index < -0.39 is 0 Å². The summed E-state index contributed by atoms with van der Waals surface area (Å²) in [6, 6.07) is 15.6. The predicted octanol–water partition coefficient (Wildman–Crippen LogP) is 3.72. The molecule has 3 aromatic rings. The quantitative estimate of drug-likeness (QED) is 0.662. The summed E-state index contributed by atoms with van der Waals surface area (Å²) in [5.74, 6) is 0.